The number of nitrogens with zero attached hydrogens (tertiary/aromatic N) is 4. The van der Waals surface area contributed by atoms with Crippen LogP contribution in [0, 0.1) is 16.7 Å². The number of carbonyl (C=O) groups is 1. The summed E-state index contributed by atoms with van der Waals surface area (Å²) in [5, 5.41) is 9.05. The first-order valence-electron chi connectivity index (χ1n) is 9.15. The number of aromatic nitrogens is 1. The van der Waals surface area contributed by atoms with E-state index >= 15 is 0 Å². The Kier molecular flexibility index (Phi) is 3.91. The molecule has 3 aliphatic rings. The van der Waals surface area contributed by atoms with Crippen LogP contribution in [0.1, 0.15) is 50.6 Å². The normalized spacial score (nSPS) is 27.9. The standard InChI is InChI=1S/C19H24N4O/c20-13-15-5-3-8-17(21-15)22-12-10-19(14-22)9-4-11-23(18(19)24)16-6-1-2-7-16/h3,5,8,16H,1-2,4,6-7,9-12,14H2. The van der Waals surface area contributed by atoms with Crippen LogP contribution in [-0.4, -0.2) is 41.5 Å². The zero-order chi connectivity index (χ0) is 16.6. The van der Waals surface area contributed by atoms with Crippen molar-refractivity contribution in [3.8, 4) is 6.07 Å². The zero-order valence-corrected chi connectivity index (χ0v) is 14.1. The molecule has 5 heteroatoms. The quantitative estimate of drug-likeness (QED) is 0.839. The van der Waals surface area contributed by atoms with Crippen LogP contribution in [0.5, 0.6) is 0 Å². The van der Waals surface area contributed by atoms with Crippen molar-refractivity contribution in [3.63, 3.8) is 0 Å². The third kappa shape index (κ3) is 2.54. The molecule has 1 aliphatic carbocycles. The molecule has 24 heavy (non-hydrogen) atoms. The predicted molar refractivity (Wildman–Crippen MR) is 91.4 cm³/mol. The summed E-state index contributed by atoms with van der Waals surface area (Å²) in [6.07, 6.45) is 7.89. The van der Waals surface area contributed by atoms with Gasteiger partial charge in [-0.3, -0.25) is 4.79 Å². The summed E-state index contributed by atoms with van der Waals surface area (Å²) in [5.74, 6) is 1.20. The topological polar surface area (TPSA) is 60.2 Å². The molecule has 0 aromatic carbocycles. The van der Waals surface area contributed by atoms with Crippen molar-refractivity contribution >= 4 is 11.7 Å². The highest BCUT2D eigenvalue weighted by molar-refractivity contribution is 5.85. The lowest BCUT2D eigenvalue weighted by atomic mass is 9.77. The highest BCUT2D eigenvalue weighted by Crippen LogP contribution is 2.43. The Morgan fingerprint density at radius 2 is 2.00 bits per heavy atom. The van der Waals surface area contributed by atoms with E-state index in [1.54, 1.807) is 6.07 Å². The van der Waals surface area contributed by atoms with Gasteiger partial charge in [-0.15, -0.1) is 0 Å². The number of hydrogen-bond donors (Lipinski definition) is 0. The van der Waals surface area contributed by atoms with Crippen LogP contribution in [0.3, 0.4) is 0 Å². The fourth-order valence-corrected chi connectivity index (χ4v) is 4.77. The maximum atomic E-state index is 13.3. The Labute approximate surface area is 143 Å². The largest absolute Gasteiger partial charge is 0.355 e. The van der Waals surface area contributed by atoms with Crippen LogP contribution < -0.4 is 4.90 Å². The fourth-order valence-electron chi connectivity index (χ4n) is 4.77. The van der Waals surface area contributed by atoms with E-state index in [1.165, 1.54) is 25.7 Å². The molecule has 2 aliphatic heterocycles. The predicted octanol–water partition coefficient (Wildman–Crippen LogP) is 2.71. The summed E-state index contributed by atoms with van der Waals surface area (Å²) in [5.41, 5.74) is 0.210. The number of likely N-dealkylation sites (tertiary alicyclic amines) is 1. The Bertz CT molecular complexity index is 676. The van der Waals surface area contributed by atoms with Crippen LogP contribution in [-0.2, 0) is 4.79 Å². The van der Waals surface area contributed by atoms with Crippen LogP contribution >= 0.6 is 0 Å². The Hall–Kier alpha value is -2.09. The van der Waals surface area contributed by atoms with Crippen molar-refractivity contribution < 1.29 is 4.79 Å². The lowest BCUT2D eigenvalue weighted by molar-refractivity contribution is -0.147. The molecular formula is C19H24N4O. The Morgan fingerprint density at radius 1 is 1.17 bits per heavy atom. The van der Waals surface area contributed by atoms with Crippen molar-refractivity contribution in [3.05, 3.63) is 23.9 Å². The second-order valence-corrected chi connectivity index (χ2v) is 7.49. The summed E-state index contributed by atoms with van der Waals surface area (Å²) in [6, 6.07) is 8.12. The zero-order valence-electron chi connectivity index (χ0n) is 14.1. The third-order valence-electron chi connectivity index (χ3n) is 6.06. The monoisotopic (exact) mass is 324 g/mol. The number of amides is 1. The van der Waals surface area contributed by atoms with E-state index in [0.717, 1.165) is 44.7 Å². The third-order valence-corrected chi connectivity index (χ3v) is 6.06. The van der Waals surface area contributed by atoms with Gasteiger partial charge in [0.25, 0.3) is 0 Å². The molecule has 1 atom stereocenters. The van der Waals surface area contributed by atoms with Crippen LogP contribution in [0.25, 0.3) is 0 Å². The second kappa shape index (κ2) is 6.08. The average Bonchev–Trinajstić information content (AvgIpc) is 3.28. The molecule has 1 spiro atoms. The van der Waals surface area contributed by atoms with Gasteiger partial charge in [0, 0.05) is 25.7 Å². The van der Waals surface area contributed by atoms with Gasteiger partial charge in [-0.1, -0.05) is 18.9 Å². The van der Waals surface area contributed by atoms with Gasteiger partial charge in [0.05, 0.1) is 5.41 Å². The van der Waals surface area contributed by atoms with Gasteiger partial charge in [-0.05, 0) is 44.2 Å². The van der Waals surface area contributed by atoms with Crippen LogP contribution in [0.2, 0.25) is 0 Å². The molecule has 2 saturated heterocycles. The second-order valence-electron chi connectivity index (χ2n) is 7.49. The molecule has 1 unspecified atom stereocenters. The van der Waals surface area contributed by atoms with Crippen molar-refractivity contribution in [1.29, 1.82) is 5.26 Å². The number of hydrogen-bond acceptors (Lipinski definition) is 4. The minimum atomic E-state index is -0.231. The van der Waals surface area contributed by atoms with Crippen LogP contribution in [0.15, 0.2) is 18.2 Å². The number of nitriles is 1. The van der Waals surface area contributed by atoms with Crippen molar-refractivity contribution in [2.24, 2.45) is 5.41 Å². The van der Waals surface area contributed by atoms with E-state index < -0.39 is 0 Å². The summed E-state index contributed by atoms with van der Waals surface area (Å²) in [4.78, 5) is 22.1. The maximum absolute atomic E-state index is 13.3. The molecule has 0 N–H and O–H groups in total. The van der Waals surface area contributed by atoms with Crippen molar-refractivity contribution in [2.45, 2.75) is 51.0 Å². The average molecular weight is 324 g/mol. The fraction of sp³-hybridized carbons (Fsp3) is 0.632. The minimum Gasteiger partial charge on any atom is -0.355 e. The highest BCUT2D eigenvalue weighted by Gasteiger charge is 2.50. The lowest BCUT2D eigenvalue weighted by Crippen LogP contribution is -2.53. The first-order chi connectivity index (χ1) is 11.7. The van der Waals surface area contributed by atoms with Gasteiger partial charge in [-0.2, -0.15) is 5.26 Å². The SMILES string of the molecule is N#Cc1cccc(N2CCC3(CCCN(C4CCCC4)C3=O)C2)n1. The number of anilines is 1. The van der Waals surface area contributed by atoms with Gasteiger partial charge in [0.2, 0.25) is 5.91 Å². The molecule has 0 radical (unpaired) electrons. The number of pyridine rings is 1. The van der Waals surface area contributed by atoms with Crippen LogP contribution in [0.4, 0.5) is 5.82 Å². The first-order valence-corrected chi connectivity index (χ1v) is 9.15. The van der Waals surface area contributed by atoms with E-state index in [9.17, 15) is 4.79 Å². The van der Waals surface area contributed by atoms with E-state index in [-0.39, 0.29) is 5.41 Å². The lowest BCUT2D eigenvalue weighted by Gasteiger charge is -2.42. The van der Waals surface area contributed by atoms with Crippen molar-refractivity contribution in [2.75, 3.05) is 24.5 Å². The molecule has 5 nitrogen and oxygen atoms in total. The summed E-state index contributed by atoms with van der Waals surface area (Å²) < 4.78 is 0. The van der Waals surface area contributed by atoms with Gasteiger partial charge < -0.3 is 9.80 Å². The molecule has 1 amide bonds. The van der Waals surface area contributed by atoms with Gasteiger partial charge in [0.15, 0.2) is 0 Å². The summed E-state index contributed by atoms with van der Waals surface area (Å²) >= 11 is 0. The summed E-state index contributed by atoms with van der Waals surface area (Å²) in [6.45, 7) is 2.54. The summed E-state index contributed by atoms with van der Waals surface area (Å²) in [7, 11) is 0. The Balaban J connectivity index is 1.53. The number of rotatable bonds is 2. The van der Waals surface area contributed by atoms with E-state index in [0.29, 0.717) is 17.6 Å². The molecule has 0 bridgehead atoms. The molecule has 1 saturated carbocycles. The molecule has 3 fully saturated rings. The highest BCUT2D eigenvalue weighted by atomic mass is 16.2. The molecular weight excluding hydrogens is 300 g/mol. The number of carbonyl (C=O) groups excluding carboxylic acids is 1. The molecule has 3 heterocycles. The molecule has 1 aromatic rings. The van der Waals surface area contributed by atoms with E-state index in [2.05, 4.69) is 20.9 Å². The molecule has 1 aromatic heterocycles. The van der Waals surface area contributed by atoms with Crippen molar-refractivity contribution in [1.82, 2.24) is 9.88 Å². The van der Waals surface area contributed by atoms with Gasteiger partial charge >= 0.3 is 0 Å². The smallest absolute Gasteiger partial charge is 0.230 e. The Morgan fingerprint density at radius 3 is 2.79 bits per heavy atom. The van der Waals surface area contributed by atoms with E-state index in [4.69, 9.17) is 5.26 Å². The van der Waals surface area contributed by atoms with Gasteiger partial charge in [0.1, 0.15) is 17.6 Å². The first kappa shape index (κ1) is 15.4. The van der Waals surface area contributed by atoms with Gasteiger partial charge in [-0.25, -0.2) is 4.98 Å². The number of piperidine rings is 1. The minimum absolute atomic E-state index is 0.231. The van der Waals surface area contributed by atoms with E-state index in [1.807, 2.05) is 12.1 Å². The maximum Gasteiger partial charge on any atom is 0.230 e. The molecule has 126 valence electrons. The molecule has 4 rings (SSSR count).